The Kier molecular flexibility index (Phi) is 2.41. The number of hydrogen-bond acceptors (Lipinski definition) is 3. The molecule has 0 radical (unpaired) electrons. The number of amides is 2. The number of carbonyl (C=O) groups excluding carboxylic acids is 2. The average molecular weight is 197 g/mol. The van der Waals surface area contributed by atoms with Crippen molar-refractivity contribution in [1.29, 1.82) is 0 Å². The molecule has 0 aromatic carbocycles. The van der Waals surface area contributed by atoms with Gasteiger partial charge in [0.2, 0.25) is 11.8 Å². The summed E-state index contributed by atoms with van der Waals surface area (Å²) < 4.78 is 0. The summed E-state index contributed by atoms with van der Waals surface area (Å²) in [5, 5.41) is 5.81. The van der Waals surface area contributed by atoms with E-state index in [0.717, 1.165) is 19.4 Å². The number of rotatable bonds is 1. The maximum atomic E-state index is 11.6. The Morgan fingerprint density at radius 3 is 2.86 bits per heavy atom. The summed E-state index contributed by atoms with van der Waals surface area (Å²) in [5.74, 6) is -0.0465. The van der Waals surface area contributed by atoms with Crippen LogP contribution < -0.4 is 10.6 Å². The molecule has 0 aromatic heterocycles. The van der Waals surface area contributed by atoms with Crippen molar-refractivity contribution >= 4 is 11.8 Å². The highest BCUT2D eigenvalue weighted by Crippen LogP contribution is 2.16. The van der Waals surface area contributed by atoms with E-state index in [1.165, 1.54) is 0 Å². The van der Waals surface area contributed by atoms with Crippen molar-refractivity contribution in [3.63, 3.8) is 0 Å². The zero-order valence-electron chi connectivity index (χ0n) is 8.25. The first kappa shape index (κ1) is 9.45. The average Bonchev–Trinajstić information content (AvgIpc) is 2.65. The van der Waals surface area contributed by atoms with E-state index in [1.807, 2.05) is 0 Å². The van der Waals surface area contributed by atoms with Crippen molar-refractivity contribution in [2.45, 2.75) is 32.0 Å². The second-order valence-electron chi connectivity index (χ2n) is 3.81. The van der Waals surface area contributed by atoms with Gasteiger partial charge in [0.05, 0.1) is 12.7 Å². The van der Waals surface area contributed by atoms with E-state index in [4.69, 9.17) is 0 Å². The minimum Gasteiger partial charge on any atom is -0.345 e. The van der Waals surface area contributed by atoms with E-state index in [-0.39, 0.29) is 30.6 Å². The molecule has 0 aliphatic carbocycles. The third-order valence-electron chi connectivity index (χ3n) is 2.87. The standard InChI is InChI=1S/C9H15N3O2/c1-6-9(14)11-5-8(13)12(6)7-3-2-4-10-7/h6-7,10H,2-5H2,1H3,(H,11,14). The van der Waals surface area contributed by atoms with Crippen molar-refractivity contribution < 1.29 is 9.59 Å². The van der Waals surface area contributed by atoms with E-state index >= 15 is 0 Å². The Bertz CT molecular complexity index is 261. The minimum absolute atomic E-state index is 0.0106. The molecule has 5 nitrogen and oxygen atoms in total. The van der Waals surface area contributed by atoms with E-state index in [2.05, 4.69) is 10.6 Å². The predicted molar refractivity (Wildman–Crippen MR) is 50.3 cm³/mol. The molecular weight excluding hydrogens is 182 g/mol. The summed E-state index contributed by atoms with van der Waals surface area (Å²) in [7, 11) is 0. The van der Waals surface area contributed by atoms with Gasteiger partial charge in [-0.1, -0.05) is 0 Å². The quantitative estimate of drug-likeness (QED) is 0.569. The Hall–Kier alpha value is -1.10. The molecule has 5 heteroatoms. The molecule has 0 bridgehead atoms. The molecule has 14 heavy (non-hydrogen) atoms. The van der Waals surface area contributed by atoms with Crippen molar-refractivity contribution in [2.75, 3.05) is 13.1 Å². The predicted octanol–water partition coefficient (Wildman–Crippen LogP) is -0.957. The molecule has 2 heterocycles. The second kappa shape index (κ2) is 3.57. The highest BCUT2D eigenvalue weighted by atomic mass is 16.2. The molecule has 2 rings (SSSR count). The van der Waals surface area contributed by atoms with Crippen LogP contribution in [-0.4, -0.2) is 42.0 Å². The monoisotopic (exact) mass is 197 g/mol. The smallest absolute Gasteiger partial charge is 0.243 e. The van der Waals surface area contributed by atoms with Crippen LogP contribution in [0.25, 0.3) is 0 Å². The van der Waals surface area contributed by atoms with Gasteiger partial charge in [-0.2, -0.15) is 0 Å². The van der Waals surface area contributed by atoms with Gasteiger partial charge in [-0.05, 0) is 26.3 Å². The first-order valence-corrected chi connectivity index (χ1v) is 5.02. The van der Waals surface area contributed by atoms with E-state index in [1.54, 1.807) is 11.8 Å². The van der Waals surface area contributed by atoms with Crippen LogP contribution in [0.2, 0.25) is 0 Å². The summed E-state index contributed by atoms with van der Waals surface area (Å²) in [6, 6.07) is -0.341. The van der Waals surface area contributed by atoms with Gasteiger partial charge < -0.3 is 10.2 Å². The topological polar surface area (TPSA) is 61.4 Å². The summed E-state index contributed by atoms with van der Waals surface area (Å²) >= 11 is 0. The summed E-state index contributed by atoms with van der Waals surface area (Å²) in [5.41, 5.74) is 0. The fourth-order valence-corrected chi connectivity index (χ4v) is 2.09. The van der Waals surface area contributed by atoms with Gasteiger partial charge in [0, 0.05) is 0 Å². The Morgan fingerprint density at radius 1 is 1.43 bits per heavy atom. The molecule has 2 fully saturated rings. The van der Waals surface area contributed by atoms with Gasteiger partial charge in [0.25, 0.3) is 0 Å². The van der Waals surface area contributed by atoms with Crippen molar-refractivity contribution in [1.82, 2.24) is 15.5 Å². The Labute approximate surface area is 82.8 Å². The summed E-state index contributed by atoms with van der Waals surface area (Å²) in [4.78, 5) is 24.7. The number of nitrogens with zero attached hydrogens (tertiary/aromatic N) is 1. The molecule has 2 N–H and O–H groups in total. The van der Waals surface area contributed by atoms with E-state index in [0.29, 0.717) is 0 Å². The number of carbonyl (C=O) groups is 2. The Balaban J connectivity index is 2.12. The van der Waals surface area contributed by atoms with Gasteiger partial charge in [-0.3, -0.25) is 14.9 Å². The first-order valence-electron chi connectivity index (χ1n) is 5.02. The van der Waals surface area contributed by atoms with Crippen LogP contribution in [0.15, 0.2) is 0 Å². The molecule has 0 saturated carbocycles. The van der Waals surface area contributed by atoms with Crippen LogP contribution in [0.4, 0.5) is 0 Å². The van der Waals surface area contributed by atoms with Gasteiger partial charge >= 0.3 is 0 Å². The highest BCUT2D eigenvalue weighted by molar-refractivity contribution is 5.94. The Morgan fingerprint density at radius 2 is 2.21 bits per heavy atom. The maximum Gasteiger partial charge on any atom is 0.243 e. The molecule has 2 aliphatic heterocycles. The van der Waals surface area contributed by atoms with Crippen LogP contribution in [0.3, 0.4) is 0 Å². The van der Waals surface area contributed by atoms with Crippen LogP contribution in [0.1, 0.15) is 19.8 Å². The van der Waals surface area contributed by atoms with Crippen molar-refractivity contribution in [3.05, 3.63) is 0 Å². The zero-order valence-corrected chi connectivity index (χ0v) is 8.25. The van der Waals surface area contributed by atoms with Crippen LogP contribution in [0.5, 0.6) is 0 Å². The minimum atomic E-state index is -0.341. The third kappa shape index (κ3) is 1.48. The third-order valence-corrected chi connectivity index (χ3v) is 2.87. The summed E-state index contributed by atoms with van der Waals surface area (Å²) in [6.07, 6.45) is 2.08. The maximum absolute atomic E-state index is 11.6. The fourth-order valence-electron chi connectivity index (χ4n) is 2.09. The lowest BCUT2D eigenvalue weighted by molar-refractivity contribution is -0.147. The highest BCUT2D eigenvalue weighted by Gasteiger charge is 2.36. The lowest BCUT2D eigenvalue weighted by Gasteiger charge is -2.37. The zero-order chi connectivity index (χ0) is 10.1. The molecule has 2 atom stereocenters. The molecule has 2 amide bonds. The molecule has 0 spiro atoms. The summed E-state index contributed by atoms with van der Waals surface area (Å²) in [6.45, 7) is 2.84. The first-order chi connectivity index (χ1) is 6.70. The second-order valence-corrected chi connectivity index (χ2v) is 3.81. The lowest BCUT2D eigenvalue weighted by Crippen LogP contribution is -2.62. The van der Waals surface area contributed by atoms with Crippen LogP contribution in [0, 0.1) is 0 Å². The van der Waals surface area contributed by atoms with Crippen LogP contribution in [-0.2, 0) is 9.59 Å². The molecule has 0 aromatic rings. The van der Waals surface area contributed by atoms with Crippen LogP contribution >= 0.6 is 0 Å². The van der Waals surface area contributed by atoms with E-state index in [9.17, 15) is 9.59 Å². The molecule has 2 saturated heterocycles. The number of piperazine rings is 1. The molecule has 2 aliphatic rings. The van der Waals surface area contributed by atoms with Gasteiger partial charge in [0.1, 0.15) is 6.04 Å². The number of nitrogens with one attached hydrogen (secondary N) is 2. The van der Waals surface area contributed by atoms with Gasteiger partial charge in [0.15, 0.2) is 0 Å². The molecule has 78 valence electrons. The normalized spacial score (nSPS) is 33.4. The fraction of sp³-hybridized carbons (Fsp3) is 0.778. The van der Waals surface area contributed by atoms with Gasteiger partial charge in [-0.15, -0.1) is 0 Å². The largest absolute Gasteiger partial charge is 0.345 e. The molecule has 2 unspecified atom stereocenters. The van der Waals surface area contributed by atoms with Crippen molar-refractivity contribution in [2.24, 2.45) is 0 Å². The SMILES string of the molecule is CC1C(=O)NCC(=O)N1C1CCCN1. The lowest BCUT2D eigenvalue weighted by atomic mass is 10.1. The molecular formula is C9H15N3O2. The van der Waals surface area contributed by atoms with Crippen molar-refractivity contribution in [3.8, 4) is 0 Å². The number of hydrogen-bond donors (Lipinski definition) is 2. The van der Waals surface area contributed by atoms with Gasteiger partial charge in [-0.25, -0.2) is 0 Å². The van der Waals surface area contributed by atoms with E-state index < -0.39 is 0 Å².